The molecule has 0 radical (unpaired) electrons. The Kier molecular flexibility index (Phi) is 6.18. The lowest BCUT2D eigenvalue weighted by Gasteiger charge is -2.34. The van der Waals surface area contributed by atoms with Gasteiger partial charge in [-0.1, -0.05) is 12.1 Å². The minimum absolute atomic E-state index is 0.0432. The van der Waals surface area contributed by atoms with E-state index in [1.54, 1.807) is 29.2 Å². The number of ether oxygens (including phenoxy) is 2. The van der Waals surface area contributed by atoms with E-state index in [4.69, 9.17) is 4.74 Å². The summed E-state index contributed by atoms with van der Waals surface area (Å²) in [5, 5.41) is 0. The van der Waals surface area contributed by atoms with Crippen LogP contribution in [0.15, 0.2) is 42.6 Å². The molecule has 2 heterocycles. The molecule has 1 saturated heterocycles. The molecule has 0 aliphatic carbocycles. The molecule has 1 aliphatic heterocycles. The van der Waals surface area contributed by atoms with Crippen molar-refractivity contribution in [1.82, 2.24) is 14.8 Å². The van der Waals surface area contributed by atoms with Crippen molar-refractivity contribution >= 4 is 5.91 Å². The van der Waals surface area contributed by atoms with Crippen LogP contribution < -0.4 is 9.47 Å². The number of benzene rings is 1. The van der Waals surface area contributed by atoms with E-state index in [0.29, 0.717) is 31.1 Å². The van der Waals surface area contributed by atoms with E-state index in [9.17, 15) is 13.6 Å². The molecule has 0 atom stereocenters. The summed E-state index contributed by atoms with van der Waals surface area (Å²) in [6, 6.07) is 10.0. The number of nitrogens with zero attached hydrogens (tertiary/aromatic N) is 3. The Bertz CT molecular complexity index is 746. The molecule has 8 heteroatoms. The predicted molar refractivity (Wildman–Crippen MR) is 95.0 cm³/mol. The number of alkyl halides is 2. The highest BCUT2D eigenvalue weighted by Crippen LogP contribution is 2.17. The van der Waals surface area contributed by atoms with Gasteiger partial charge in [-0.05, 0) is 23.8 Å². The summed E-state index contributed by atoms with van der Waals surface area (Å²) in [4.78, 5) is 20.6. The fraction of sp³-hybridized carbons (Fsp3) is 0.368. The molecular weight excluding hydrogens is 356 g/mol. The standard InChI is InChI=1S/C19H21F2N3O3/c1-26-17-7-4-15(12-22-17)18(25)24-10-8-23(9-11-24)13-14-2-5-16(6-3-14)27-19(20)21/h2-7,12,19H,8-11,13H2,1H3. The lowest BCUT2D eigenvalue weighted by atomic mass is 10.1. The van der Waals surface area contributed by atoms with Crippen molar-refractivity contribution in [3.8, 4) is 11.6 Å². The summed E-state index contributed by atoms with van der Waals surface area (Å²) < 4.78 is 33.7. The highest BCUT2D eigenvalue weighted by Gasteiger charge is 2.22. The molecular formula is C19H21F2N3O3. The Hall–Kier alpha value is -2.74. The van der Waals surface area contributed by atoms with Gasteiger partial charge in [-0.2, -0.15) is 8.78 Å². The number of piperazine rings is 1. The quantitative estimate of drug-likeness (QED) is 0.775. The zero-order valence-corrected chi connectivity index (χ0v) is 15.0. The van der Waals surface area contributed by atoms with Gasteiger partial charge in [0, 0.05) is 45.0 Å². The van der Waals surface area contributed by atoms with Crippen LogP contribution in [0.2, 0.25) is 0 Å². The fourth-order valence-corrected chi connectivity index (χ4v) is 2.95. The van der Waals surface area contributed by atoms with Crippen molar-refractivity contribution in [2.45, 2.75) is 13.2 Å². The number of methoxy groups -OCH3 is 1. The number of amides is 1. The Morgan fingerprint density at radius 2 is 1.81 bits per heavy atom. The Morgan fingerprint density at radius 3 is 2.37 bits per heavy atom. The van der Waals surface area contributed by atoms with Crippen molar-refractivity contribution in [2.75, 3.05) is 33.3 Å². The molecule has 0 N–H and O–H groups in total. The zero-order chi connectivity index (χ0) is 19.2. The number of aromatic nitrogens is 1. The van der Waals surface area contributed by atoms with Crippen molar-refractivity contribution in [3.05, 3.63) is 53.7 Å². The number of hydrogen-bond donors (Lipinski definition) is 0. The zero-order valence-electron chi connectivity index (χ0n) is 15.0. The third kappa shape index (κ3) is 5.13. The minimum Gasteiger partial charge on any atom is -0.481 e. The first-order valence-electron chi connectivity index (χ1n) is 8.60. The summed E-state index contributed by atoms with van der Waals surface area (Å²) in [7, 11) is 1.53. The molecule has 1 aromatic heterocycles. The first kappa shape index (κ1) is 19.0. The van der Waals surface area contributed by atoms with Gasteiger partial charge in [-0.15, -0.1) is 0 Å². The van der Waals surface area contributed by atoms with Gasteiger partial charge < -0.3 is 14.4 Å². The molecule has 3 rings (SSSR count). The van der Waals surface area contributed by atoms with Crippen molar-refractivity contribution < 1.29 is 23.0 Å². The van der Waals surface area contributed by atoms with E-state index in [-0.39, 0.29) is 11.7 Å². The maximum absolute atomic E-state index is 12.5. The Balaban J connectivity index is 1.50. The molecule has 27 heavy (non-hydrogen) atoms. The lowest BCUT2D eigenvalue weighted by Crippen LogP contribution is -2.48. The molecule has 0 spiro atoms. The molecule has 1 fully saturated rings. The van der Waals surface area contributed by atoms with Gasteiger partial charge in [0.1, 0.15) is 5.75 Å². The predicted octanol–water partition coefficient (Wildman–Crippen LogP) is 2.65. The van der Waals surface area contributed by atoms with E-state index in [0.717, 1.165) is 18.7 Å². The van der Waals surface area contributed by atoms with Gasteiger partial charge in [0.05, 0.1) is 12.7 Å². The summed E-state index contributed by atoms with van der Waals surface area (Å²) in [5.41, 5.74) is 1.55. The van der Waals surface area contributed by atoms with Crippen LogP contribution >= 0.6 is 0 Å². The van der Waals surface area contributed by atoms with Crippen LogP contribution in [-0.4, -0.2) is 60.6 Å². The largest absolute Gasteiger partial charge is 0.481 e. The van der Waals surface area contributed by atoms with E-state index in [1.165, 1.54) is 25.4 Å². The number of carbonyl (C=O) groups is 1. The monoisotopic (exact) mass is 377 g/mol. The summed E-state index contributed by atoms with van der Waals surface area (Å²) in [6.45, 7) is 0.605. The highest BCUT2D eigenvalue weighted by atomic mass is 19.3. The van der Waals surface area contributed by atoms with Gasteiger partial charge in [0.2, 0.25) is 5.88 Å². The average molecular weight is 377 g/mol. The summed E-state index contributed by atoms with van der Waals surface area (Å²) in [6.07, 6.45) is 1.52. The maximum atomic E-state index is 12.5. The van der Waals surface area contributed by atoms with Gasteiger partial charge in [-0.25, -0.2) is 4.98 Å². The maximum Gasteiger partial charge on any atom is 0.387 e. The van der Waals surface area contributed by atoms with E-state index < -0.39 is 6.61 Å². The summed E-state index contributed by atoms with van der Waals surface area (Å²) in [5.74, 6) is 0.580. The van der Waals surface area contributed by atoms with Crippen LogP contribution in [0, 0.1) is 0 Å². The van der Waals surface area contributed by atoms with Gasteiger partial charge in [0.15, 0.2) is 0 Å². The highest BCUT2D eigenvalue weighted by molar-refractivity contribution is 5.94. The second-order valence-corrected chi connectivity index (χ2v) is 6.18. The fourth-order valence-electron chi connectivity index (χ4n) is 2.95. The number of carbonyl (C=O) groups excluding carboxylic acids is 1. The number of rotatable bonds is 6. The first-order valence-corrected chi connectivity index (χ1v) is 8.60. The molecule has 144 valence electrons. The van der Waals surface area contributed by atoms with Crippen LogP contribution in [0.3, 0.4) is 0 Å². The van der Waals surface area contributed by atoms with Crippen LogP contribution in [0.4, 0.5) is 8.78 Å². The van der Waals surface area contributed by atoms with Gasteiger partial charge >= 0.3 is 6.61 Å². The number of pyridine rings is 1. The van der Waals surface area contributed by atoms with Crippen LogP contribution in [0.25, 0.3) is 0 Å². The molecule has 2 aromatic rings. The molecule has 1 aliphatic rings. The van der Waals surface area contributed by atoms with Crippen LogP contribution in [0.5, 0.6) is 11.6 Å². The van der Waals surface area contributed by atoms with Gasteiger partial charge in [-0.3, -0.25) is 9.69 Å². The van der Waals surface area contributed by atoms with Crippen LogP contribution in [-0.2, 0) is 6.54 Å². The molecule has 0 saturated carbocycles. The normalized spacial score (nSPS) is 15.0. The summed E-state index contributed by atoms with van der Waals surface area (Å²) >= 11 is 0. The third-order valence-electron chi connectivity index (χ3n) is 4.41. The molecule has 1 amide bonds. The van der Waals surface area contributed by atoms with E-state index in [2.05, 4.69) is 14.6 Å². The molecule has 1 aromatic carbocycles. The van der Waals surface area contributed by atoms with E-state index >= 15 is 0 Å². The van der Waals surface area contributed by atoms with Crippen molar-refractivity contribution in [3.63, 3.8) is 0 Å². The second-order valence-electron chi connectivity index (χ2n) is 6.18. The van der Waals surface area contributed by atoms with Crippen molar-refractivity contribution in [1.29, 1.82) is 0 Å². The molecule has 6 nitrogen and oxygen atoms in total. The topological polar surface area (TPSA) is 54.9 Å². The lowest BCUT2D eigenvalue weighted by molar-refractivity contribution is -0.0498. The smallest absolute Gasteiger partial charge is 0.387 e. The average Bonchev–Trinajstić information content (AvgIpc) is 2.69. The number of hydrogen-bond acceptors (Lipinski definition) is 5. The minimum atomic E-state index is -2.82. The first-order chi connectivity index (χ1) is 13.0. The van der Waals surface area contributed by atoms with E-state index in [1.807, 2.05) is 0 Å². The molecule has 0 unspecified atom stereocenters. The van der Waals surface area contributed by atoms with Crippen molar-refractivity contribution in [2.24, 2.45) is 0 Å². The SMILES string of the molecule is COc1ccc(C(=O)N2CCN(Cc3ccc(OC(F)F)cc3)CC2)cn1. The van der Waals surface area contributed by atoms with Gasteiger partial charge in [0.25, 0.3) is 5.91 Å². The second kappa shape index (κ2) is 8.77. The number of halogens is 2. The Labute approximate surface area is 156 Å². The Morgan fingerprint density at radius 1 is 1.11 bits per heavy atom. The van der Waals surface area contributed by atoms with Crippen LogP contribution in [0.1, 0.15) is 15.9 Å². The third-order valence-corrected chi connectivity index (χ3v) is 4.41. The molecule has 0 bridgehead atoms.